The Labute approximate surface area is 141 Å². The minimum absolute atomic E-state index is 0.228. The van der Waals surface area contributed by atoms with E-state index in [0.29, 0.717) is 18.8 Å². The van der Waals surface area contributed by atoms with Crippen LogP contribution in [0.3, 0.4) is 0 Å². The predicted octanol–water partition coefficient (Wildman–Crippen LogP) is 4.84. The van der Waals surface area contributed by atoms with Gasteiger partial charge >= 0.3 is 6.18 Å². The molecule has 24 heavy (non-hydrogen) atoms. The van der Waals surface area contributed by atoms with Crippen molar-refractivity contribution >= 4 is 5.69 Å². The molecule has 2 rings (SSSR count). The van der Waals surface area contributed by atoms with Crippen LogP contribution >= 0.6 is 0 Å². The second-order valence-electron chi connectivity index (χ2n) is 5.86. The minimum atomic E-state index is -4.35. The lowest BCUT2D eigenvalue weighted by atomic mass is 10.0. The van der Waals surface area contributed by atoms with Crippen molar-refractivity contribution in [2.75, 3.05) is 18.5 Å². The van der Waals surface area contributed by atoms with E-state index in [4.69, 9.17) is 0 Å². The molecule has 2 aromatic rings. The van der Waals surface area contributed by atoms with Crippen LogP contribution in [0.15, 0.2) is 48.5 Å². The van der Waals surface area contributed by atoms with E-state index in [0.717, 1.165) is 12.0 Å². The Morgan fingerprint density at radius 2 is 1.75 bits per heavy atom. The van der Waals surface area contributed by atoms with E-state index in [9.17, 15) is 13.2 Å². The highest BCUT2D eigenvalue weighted by molar-refractivity contribution is 5.52. The van der Waals surface area contributed by atoms with Crippen LogP contribution in [0.1, 0.15) is 30.0 Å². The van der Waals surface area contributed by atoms with Gasteiger partial charge in [-0.05, 0) is 36.2 Å². The molecule has 0 fully saturated rings. The molecule has 5 heteroatoms. The molecular formula is C19H23F3N2. The molecule has 0 amide bonds. The molecule has 0 saturated heterocycles. The molecule has 0 heterocycles. The lowest BCUT2D eigenvalue weighted by molar-refractivity contribution is -0.138. The molecule has 0 spiro atoms. The Morgan fingerprint density at radius 1 is 1.04 bits per heavy atom. The van der Waals surface area contributed by atoms with Crippen LogP contribution in [0.2, 0.25) is 0 Å². The first-order chi connectivity index (χ1) is 11.4. The second-order valence-corrected chi connectivity index (χ2v) is 5.86. The lowest BCUT2D eigenvalue weighted by Gasteiger charge is -2.22. The van der Waals surface area contributed by atoms with Crippen LogP contribution < -0.4 is 10.2 Å². The Bertz CT molecular complexity index is 639. The van der Waals surface area contributed by atoms with E-state index in [2.05, 4.69) is 5.32 Å². The van der Waals surface area contributed by atoms with Gasteiger partial charge in [-0.1, -0.05) is 43.3 Å². The number of nitrogens with zero attached hydrogens (tertiary/aromatic N) is 1. The summed E-state index contributed by atoms with van der Waals surface area (Å²) < 4.78 is 40.1. The lowest BCUT2D eigenvalue weighted by Crippen LogP contribution is -2.20. The molecule has 130 valence electrons. The number of hydrogen-bond donors (Lipinski definition) is 1. The molecule has 0 saturated carbocycles. The Hall–Kier alpha value is -2.01. The van der Waals surface area contributed by atoms with Crippen LogP contribution in [0.4, 0.5) is 18.9 Å². The first kappa shape index (κ1) is 18.3. The van der Waals surface area contributed by atoms with Gasteiger partial charge in [-0.25, -0.2) is 0 Å². The van der Waals surface area contributed by atoms with Crippen molar-refractivity contribution in [1.29, 1.82) is 0 Å². The van der Waals surface area contributed by atoms with E-state index in [-0.39, 0.29) is 12.1 Å². The third-order valence-electron chi connectivity index (χ3n) is 3.84. The highest BCUT2D eigenvalue weighted by atomic mass is 19.4. The number of hydrogen-bond acceptors (Lipinski definition) is 2. The number of alkyl halides is 3. The first-order valence-electron chi connectivity index (χ1n) is 8.07. The Morgan fingerprint density at radius 3 is 2.38 bits per heavy atom. The Kier molecular flexibility index (Phi) is 6.26. The summed E-state index contributed by atoms with van der Waals surface area (Å²) in [5.74, 6) is 0. The third-order valence-corrected chi connectivity index (χ3v) is 3.84. The van der Waals surface area contributed by atoms with Crippen molar-refractivity contribution in [2.45, 2.75) is 32.6 Å². The molecule has 0 aliphatic rings. The molecule has 0 bridgehead atoms. The van der Waals surface area contributed by atoms with Gasteiger partial charge in [0.2, 0.25) is 0 Å². The van der Waals surface area contributed by atoms with Gasteiger partial charge in [-0.3, -0.25) is 0 Å². The zero-order valence-electron chi connectivity index (χ0n) is 14.0. The number of halogens is 3. The van der Waals surface area contributed by atoms with Crippen LogP contribution in [0, 0.1) is 0 Å². The van der Waals surface area contributed by atoms with Crippen molar-refractivity contribution in [3.63, 3.8) is 0 Å². The number of rotatable bonds is 7. The first-order valence-corrected chi connectivity index (χ1v) is 8.07. The molecule has 0 atom stereocenters. The zero-order valence-corrected chi connectivity index (χ0v) is 14.0. The van der Waals surface area contributed by atoms with Crippen LogP contribution in [-0.2, 0) is 19.3 Å². The fraction of sp³-hybridized carbons (Fsp3) is 0.368. The van der Waals surface area contributed by atoms with Crippen molar-refractivity contribution < 1.29 is 13.2 Å². The summed E-state index contributed by atoms with van der Waals surface area (Å²) in [6, 6.07) is 14.3. The molecule has 0 aliphatic carbocycles. The highest BCUT2D eigenvalue weighted by Gasteiger charge is 2.33. The fourth-order valence-electron chi connectivity index (χ4n) is 2.57. The summed E-state index contributed by atoms with van der Waals surface area (Å²) in [6.45, 7) is 3.48. The van der Waals surface area contributed by atoms with Gasteiger partial charge in [0.15, 0.2) is 0 Å². The molecule has 0 aliphatic heterocycles. The maximum atomic E-state index is 13.4. The van der Waals surface area contributed by atoms with Gasteiger partial charge in [0.1, 0.15) is 0 Å². The quantitative estimate of drug-likeness (QED) is 0.728. The smallest absolute Gasteiger partial charge is 0.370 e. The van der Waals surface area contributed by atoms with Gasteiger partial charge in [0, 0.05) is 25.8 Å². The zero-order chi connectivity index (χ0) is 17.6. The largest absolute Gasteiger partial charge is 0.416 e. The van der Waals surface area contributed by atoms with Crippen molar-refractivity contribution in [1.82, 2.24) is 5.32 Å². The Balaban J connectivity index is 2.21. The fourth-order valence-corrected chi connectivity index (χ4v) is 2.57. The van der Waals surface area contributed by atoms with Crippen LogP contribution in [-0.4, -0.2) is 13.6 Å². The van der Waals surface area contributed by atoms with Crippen molar-refractivity contribution in [3.8, 4) is 0 Å². The third kappa shape index (κ3) is 4.99. The van der Waals surface area contributed by atoms with E-state index in [1.165, 1.54) is 6.07 Å². The van der Waals surface area contributed by atoms with E-state index < -0.39 is 11.7 Å². The van der Waals surface area contributed by atoms with E-state index >= 15 is 0 Å². The average molecular weight is 336 g/mol. The average Bonchev–Trinajstić information content (AvgIpc) is 2.55. The summed E-state index contributed by atoms with van der Waals surface area (Å²) in [5, 5.41) is 3.04. The van der Waals surface area contributed by atoms with Crippen molar-refractivity contribution in [2.24, 2.45) is 0 Å². The van der Waals surface area contributed by atoms with Gasteiger partial charge in [0.25, 0.3) is 0 Å². The summed E-state index contributed by atoms with van der Waals surface area (Å²) >= 11 is 0. The van der Waals surface area contributed by atoms with Crippen molar-refractivity contribution in [3.05, 3.63) is 65.2 Å². The van der Waals surface area contributed by atoms with Gasteiger partial charge < -0.3 is 10.2 Å². The maximum absolute atomic E-state index is 13.4. The van der Waals surface area contributed by atoms with Crippen LogP contribution in [0.25, 0.3) is 0 Å². The number of benzene rings is 2. The standard InChI is InChI=1S/C19H23F3N2/c1-3-11-23-13-16-9-10-17(12-18(16)19(20,21)22)24(2)14-15-7-5-4-6-8-15/h4-10,12,23H,3,11,13-14H2,1-2H3. The maximum Gasteiger partial charge on any atom is 0.416 e. The highest BCUT2D eigenvalue weighted by Crippen LogP contribution is 2.34. The number of anilines is 1. The van der Waals surface area contributed by atoms with E-state index in [1.54, 1.807) is 19.2 Å². The second kappa shape index (κ2) is 8.20. The van der Waals surface area contributed by atoms with Gasteiger partial charge in [0.05, 0.1) is 5.56 Å². The molecular weight excluding hydrogens is 313 g/mol. The summed E-state index contributed by atoms with van der Waals surface area (Å²) in [7, 11) is 1.80. The predicted molar refractivity (Wildman–Crippen MR) is 92.0 cm³/mol. The minimum Gasteiger partial charge on any atom is -0.370 e. The number of nitrogens with one attached hydrogen (secondary N) is 1. The van der Waals surface area contributed by atoms with E-state index in [1.807, 2.05) is 42.2 Å². The molecule has 2 aromatic carbocycles. The molecule has 0 aromatic heterocycles. The monoisotopic (exact) mass is 336 g/mol. The summed E-state index contributed by atoms with van der Waals surface area (Å²) in [6.07, 6.45) is -3.47. The van der Waals surface area contributed by atoms with Gasteiger partial charge in [-0.15, -0.1) is 0 Å². The topological polar surface area (TPSA) is 15.3 Å². The SMILES string of the molecule is CCCNCc1ccc(N(C)Cc2ccccc2)cc1C(F)(F)F. The summed E-state index contributed by atoms with van der Waals surface area (Å²) in [4.78, 5) is 1.83. The molecule has 1 N–H and O–H groups in total. The van der Waals surface area contributed by atoms with Crippen LogP contribution in [0.5, 0.6) is 0 Å². The molecule has 0 unspecified atom stereocenters. The molecule has 2 nitrogen and oxygen atoms in total. The van der Waals surface area contributed by atoms with Gasteiger partial charge in [-0.2, -0.15) is 13.2 Å². The molecule has 0 radical (unpaired) electrons. The summed E-state index contributed by atoms with van der Waals surface area (Å²) in [5.41, 5.74) is 1.34. The normalized spacial score (nSPS) is 11.5.